The molecule has 0 aliphatic carbocycles. The van der Waals surface area contributed by atoms with Gasteiger partial charge in [0.25, 0.3) is 0 Å². The molecule has 8 heteroatoms. The minimum Gasteiger partial charge on any atom is -0.507 e. The van der Waals surface area contributed by atoms with Crippen LogP contribution in [-0.2, 0) is 21.5 Å². The van der Waals surface area contributed by atoms with Crippen LogP contribution in [0.1, 0.15) is 11.1 Å². The first kappa shape index (κ1) is 35.2. The third-order valence-electron chi connectivity index (χ3n) is 10.0. The van der Waals surface area contributed by atoms with Crippen molar-refractivity contribution in [3.8, 4) is 22.6 Å². The van der Waals surface area contributed by atoms with Crippen molar-refractivity contribution in [1.82, 2.24) is 0 Å². The fourth-order valence-corrected chi connectivity index (χ4v) is 12.8. The van der Waals surface area contributed by atoms with Gasteiger partial charge in [-0.25, -0.2) is 8.78 Å². The van der Waals surface area contributed by atoms with E-state index in [2.05, 4.69) is 0 Å². The van der Waals surface area contributed by atoms with Crippen LogP contribution in [0.15, 0.2) is 170 Å². The summed E-state index contributed by atoms with van der Waals surface area (Å²) in [5.74, 6) is -1.55. The molecule has 54 heavy (non-hydrogen) atoms. The van der Waals surface area contributed by atoms with E-state index in [-0.39, 0.29) is 46.1 Å². The van der Waals surface area contributed by atoms with Crippen LogP contribution in [0.25, 0.3) is 32.7 Å². The maximum Gasteiger partial charge on any atom is 0.147 e. The van der Waals surface area contributed by atoms with Gasteiger partial charge >= 0.3 is 0 Å². The average molecular weight is 751 g/mol. The third-order valence-corrected chi connectivity index (χ3v) is 16.1. The molecule has 0 aliphatic rings. The predicted octanol–water partition coefficient (Wildman–Crippen LogP) is 10.4. The van der Waals surface area contributed by atoms with E-state index in [0.29, 0.717) is 42.8 Å². The van der Waals surface area contributed by atoms with Crippen molar-refractivity contribution in [2.45, 2.75) is 12.3 Å². The number of hydrogen-bond acceptors (Lipinski definition) is 4. The molecule has 8 rings (SSSR count). The summed E-state index contributed by atoms with van der Waals surface area (Å²) in [6.07, 6.45) is -0.229. The van der Waals surface area contributed by atoms with E-state index in [1.807, 2.05) is 72.8 Å². The van der Waals surface area contributed by atoms with Crippen molar-refractivity contribution in [1.29, 1.82) is 0 Å². The van der Waals surface area contributed by atoms with Gasteiger partial charge in [0.05, 0.1) is 0 Å². The lowest BCUT2D eigenvalue weighted by molar-refractivity contribution is 0.465. The molecule has 0 atom stereocenters. The summed E-state index contributed by atoms with van der Waals surface area (Å²) in [5, 5.41) is 28.8. The van der Waals surface area contributed by atoms with E-state index in [1.165, 1.54) is 36.4 Å². The molecule has 0 aliphatic heterocycles. The Kier molecular flexibility index (Phi) is 9.27. The highest BCUT2D eigenvalue weighted by atomic mass is 31.2. The Morgan fingerprint density at radius 3 is 1.00 bits per heavy atom. The van der Waals surface area contributed by atoms with Crippen LogP contribution in [0.4, 0.5) is 8.78 Å². The standard InChI is InChI=1S/C46H34F2O4P2/c47-35-21-23-41-31(27-35)25-33(29-53(51,37-13-5-1-6-14-37)38-15-7-2-8-16-38)45(49)43(41)44-42-24-22-36(48)28-32(42)26-34(46(44)50)30-54(52,39-17-9-3-10-18-39)40-19-11-4-12-20-40/h1-28,49-50H,29-30H2. The minimum atomic E-state index is -3.45. The molecule has 2 N–H and O–H groups in total. The first-order valence-electron chi connectivity index (χ1n) is 17.4. The van der Waals surface area contributed by atoms with Crippen molar-refractivity contribution in [3.63, 3.8) is 0 Å². The predicted molar refractivity (Wildman–Crippen MR) is 217 cm³/mol. The molecule has 0 unspecified atom stereocenters. The maximum atomic E-state index is 15.3. The van der Waals surface area contributed by atoms with E-state index in [1.54, 1.807) is 60.7 Å². The molecule has 266 valence electrons. The highest BCUT2D eigenvalue weighted by Gasteiger charge is 2.33. The largest absolute Gasteiger partial charge is 0.507 e. The van der Waals surface area contributed by atoms with Crippen molar-refractivity contribution in [2.24, 2.45) is 0 Å². The van der Waals surface area contributed by atoms with Gasteiger partial charge in [0.15, 0.2) is 0 Å². The highest BCUT2D eigenvalue weighted by molar-refractivity contribution is 7.78. The first-order valence-corrected chi connectivity index (χ1v) is 21.2. The van der Waals surface area contributed by atoms with Crippen molar-refractivity contribution in [3.05, 3.63) is 193 Å². The van der Waals surface area contributed by atoms with Crippen LogP contribution in [0.3, 0.4) is 0 Å². The second-order valence-electron chi connectivity index (χ2n) is 13.4. The SMILES string of the molecule is O=P(Cc1cc2cc(F)ccc2c(-c2c(O)c(CP(=O)(c3ccccc3)c3ccccc3)cc3cc(F)ccc23)c1O)(c1ccccc1)c1ccccc1. The lowest BCUT2D eigenvalue weighted by atomic mass is 9.89. The maximum absolute atomic E-state index is 15.3. The van der Waals surface area contributed by atoms with Crippen LogP contribution in [0.2, 0.25) is 0 Å². The number of halogens is 2. The molecule has 0 spiro atoms. The van der Waals surface area contributed by atoms with Gasteiger partial charge in [-0.05, 0) is 57.9 Å². The van der Waals surface area contributed by atoms with Gasteiger partial charge < -0.3 is 19.3 Å². The second-order valence-corrected chi connectivity index (χ2v) is 19.0. The van der Waals surface area contributed by atoms with Gasteiger partial charge in [-0.15, -0.1) is 0 Å². The van der Waals surface area contributed by atoms with Gasteiger partial charge in [-0.2, -0.15) is 0 Å². The zero-order valence-electron chi connectivity index (χ0n) is 28.9. The topological polar surface area (TPSA) is 74.6 Å². The van der Waals surface area contributed by atoms with Crippen LogP contribution in [0.5, 0.6) is 11.5 Å². The van der Waals surface area contributed by atoms with E-state index in [4.69, 9.17) is 0 Å². The number of benzene rings is 8. The van der Waals surface area contributed by atoms with E-state index >= 15 is 9.13 Å². The molecule has 0 radical (unpaired) electrons. The fraction of sp³-hybridized carbons (Fsp3) is 0.0435. The quantitative estimate of drug-likeness (QED) is 0.144. The molecule has 0 saturated heterocycles. The lowest BCUT2D eigenvalue weighted by Gasteiger charge is -2.24. The summed E-state index contributed by atoms with van der Waals surface area (Å²) in [7, 11) is -6.90. The molecular formula is C46H34F2O4P2. The molecule has 4 nitrogen and oxygen atoms in total. The number of phenols is 2. The van der Waals surface area contributed by atoms with Crippen molar-refractivity contribution >= 4 is 57.0 Å². The average Bonchev–Trinajstić information content (AvgIpc) is 3.20. The van der Waals surface area contributed by atoms with Gasteiger partial charge in [-0.1, -0.05) is 133 Å². The van der Waals surface area contributed by atoms with Crippen molar-refractivity contribution in [2.75, 3.05) is 0 Å². The highest BCUT2D eigenvalue weighted by Crippen LogP contribution is 2.55. The van der Waals surface area contributed by atoms with E-state index in [9.17, 15) is 19.0 Å². The van der Waals surface area contributed by atoms with Gasteiger partial charge in [-0.3, -0.25) is 0 Å². The first-order chi connectivity index (χ1) is 26.2. The summed E-state index contributed by atoms with van der Waals surface area (Å²) in [6.45, 7) is 0. The smallest absolute Gasteiger partial charge is 0.147 e. The summed E-state index contributed by atoms with van der Waals surface area (Å²) >= 11 is 0. The Morgan fingerprint density at radius 1 is 0.407 bits per heavy atom. The fourth-order valence-electron chi connectivity index (χ4n) is 7.42. The minimum absolute atomic E-state index is 0.115. The Morgan fingerprint density at radius 2 is 0.704 bits per heavy atom. The molecule has 0 amide bonds. The lowest BCUT2D eigenvalue weighted by Crippen LogP contribution is -2.17. The van der Waals surface area contributed by atoms with Gasteiger partial charge in [0, 0.05) is 55.8 Å². The molecular weight excluding hydrogens is 716 g/mol. The van der Waals surface area contributed by atoms with Gasteiger partial charge in [0.1, 0.15) is 37.4 Å². The normalized spacial score (nSPS) is 12.0. The number of hydrogen-bond donors (Lipinski definition) is 2. The zero-order valence-corrected chi connectivity index (χ0v) is 30.7. The van der Waals surface area contributed by atoms with Crippen LogP contribution in [0, 0.1) is 11.6 Å². The van der Waals surface area contributed by atoms with E-state index in [0.717, 1.165) is 0 Å². The van der Waals surface area contributed by atoms with Crippen molar-refractivity contribution < 1.29 is 28.1 Å². The molecule has 0 fully saturated rings. The van der Waals surface area contributed by atoms with Crippen LogP contribution < -0.4 is 21.2 Å². The van der Waals surface area contributed by atoms with Crippen LogP contribution >= 0.6 is 14.3 Å². The molecule has 0 heterocycles. The van der Waals surface area contributed by atoms with E-state index < -0.39 is 25.9 Å². The third kappa shape index (κ3) is 6.32. The summed E-state index contributed by atoms with van der Waals surface area (Å²) in [5.41, 5.74) is 0.887. The number of phenolic OH excluding ortho intramolecular Hbond substituents is 2. The Bertz CT molecular complexity index is 2480. The summed E-state index contributed by atoms with van der Waals surface area (Å²) in [6, 6.07) is 47.7. The number of aromatic hydroxyl groups is 2. The molecule has 0 saturated carbocycles. The monoisotopic (exact) mass is 750 g/mol. The zero-order chi connectivity index (χ0) is 37.5. The molecule has 0 aromatic heterocycles. The van der Waals surface area contributed by atoms with Crippen LogP contribution in [-0.4, -0.2) is 10.2 Å². The van der Waals surface area contributed by atoms with Gasteiger partial charge in [0.2, 0.25) is 0 Å². The molecule has 8 aromatic rings. The Balaban J connectivity index is 1.40. The number of rotatable bonds is 9. The summed E-state index contributed by atoms with van der Waals surface area (Å²) in [4.78, 5) is 0. The summed E-state index contributed by atoms with van der Waals surface area (Å²) < 4.78 is 60.5. The molecule has 8 aromatic carbocycles. The second kappa shape index (κ2) is 14.2. The Hall–Kier alpha value is -5.80. The molecule has 0 bridgehead atoms. The number of fused-ring (bicyclic) bond motifs is 2. The Labute approximate surface area is 311 Å².